The van der Waals surface area contributed by atoms with Crippen molar-refractivity contribution in [1.29, 1.82) is 0 Å². The third kappa shape index (κ3) is 3.30. The number of nitrogens with zero attached hydrogens (tertiary/aromatic N) is 4. The van der Waals surface area contributed by atoms with Gasteiger partial charge in [-0.2, -0.15) is 5.10 Å². The monoisotopic (exact) mass is 376 g/mol. The Balaban J connectivity index is 1.90. The van der Waals surface area contributed by atoms with Gasteiger partial charge >= 0.3 is 0 Å². The molecule has 1 aliphatic heterocycles. The minimum atomic E-state index is 0.119. The lowest BCUT2D eigenvalue weighted by Crippen LogP contribution is -2.42. The number of carbonyl (C=O) groups excluding carboxylic acids is 1. The lowest BCUT2D eigenvalue weighted by molar-refractivity contribution is 0.0637. The Labute approximate surface area is 166 Å². The van der Waals surface area contributed by atoms with Gasteiger partial charge in [-0.05, 0) is 64.7 Å². The zero-order valence-corrected chi connectivity index (χ0v) is 17.2. The first-order chi connectivity index (χ1) is 13.5. The van der Waals surface area contributed by atoms with Gasteiger partial charge in [-0.1, -0.05) is 11.6 Å². The normalized spacial score (nSPS) is 17.3. The summed E-state index contributed by atoms with van der Waals surface area (Å²) in [5, 5.41) is 5.34. The number of hydrogen-bond acceptors (Lipinski definition) is 3. The maximum atomic E-state index is 13.6. The van der Waals surface area contributed by atoms with Crippen LogP contribution in [0, 0.1) is 13.8 Å². The average Bonchev–Trinajstić information content (AvgIpc) is 3.16. The maximum absolute atomic E-state index is 13.6. The van der Waals surface area contributed by atoms with Gasteiger partial charge in [-0.3, -0.25) is 9.48 Å². The third-order valence-corrected chi connectivity index (χ3v) is 5.80. The molecule has 4 rings (SSSR count). The van der Waals surface area contributed by atoms with Crippen molar-refractivity contribution in [3.8, 4) is 11.3 Å². The van der Waals surface area contributed by atoms with Crippen molar-refractivity contribution >= 4 is 16.8 Å². The van der Waals surface area contributed by atoms with Gasteiger partial charge in [0.25, 0.3) is 5.91 Å². The van der Waals surface area contributed by atoms with Crippen LogP contribution >= 0.6 is 0 Å². The largest absolute Gasteiger partial charge is 0.336 e. The van der Waals surface area contributed by atoms with Crippen molar-refractivity contribution in [3.63, 3.8) is 0 Å². The van der Waals surface area contributed by atoms with Gasteiger partial charge in [0.05, 0.1) is 23.0 Å². The van der Waals surface area contributed by atoms with E-state index in [1.807, 2.05) is 28.0 Å². The summed E-state index contributed by atoms with van der Waals surface area (Å²) in [7, 11) is 0. The Kier molecular flexibility index (Phi) is 4.92. The first-order valence-corrected chi connectivity index (χ1v) is 10.2. The van der Waals surface area contributed by atoms with Crippen LogP contribution in [0.15, 0.2) is 30.6 Å². The summed E-state index contributed by atoms with van der Waals surface area (Å²) in [6, 6.07) is 6.46. The van der Waals surface area contributed by atoms with E-state index in [9.17, 15) is 4.79 Å². The van der Waals surface area contributed by atoms with E-state index in [1.54, 1.807) is 0 Å². The molecule has 0 bridgehead atoms. The average molecular weight is 377 g/mol. The Morgan fingerprint density at radius 2 is 2.04 bits per heavy atom. The molecule has 0 aliphatic carbocycles. The van der Waals surface area contributed by atoms with Crippen LogP contribution in [-0.4, -0.2) is 38.2 Å². The van der Waals surface area contributed by atoms with Crippen molar-refractivity contribution in [2.24, 2.45) is 0 Å². The van der Waals surface area contributed by atoms with E-state index in [2.05, 4.69) is 44.9 Å². The lowest BCUT2D eigenvalue weighted by Gasteiger charge is -2.33. The van der Waals surface area contributed by atoms with Gasteiger partial charge in [-0.25, -0.2) is 4.98 Å². The summed E-state index contributed by atoms with van der Waals surface area (Å²) in [6.07, 6.45) is 7.17. The van der Waals surface area contributed by atoms with Crippen molar-refractivity contribution in [2.75, 3.05) is 6.54 Å². The van der Waals surface area contributed by atoms with E-state index in [0.29, 0.717) is 0 Å². The second-order valence-corrected chi connectivity index (χ2v) is 7.96. The molecule has 1 unspecified atom stereocenters. The van der Waals surface area contributed by atoms with Gasteiger partial charge in [0.15, 0.2) is 0 Å². The number of aromatic nitrogens is 3. The van der Waals surface area contributed by atoms with Gasteiger partial charge < -0.3 is 4.90 Å². The SMILES string of the molecule is CCn1cc(-c2cc(C(=O)N3CCCCC3C)c3cc(C)cc(C)c3n2)cn1. The number of carbonyl (C=O) groups is 1. The molecular weight excluding hydrogens is 348 g/mol. The second kappa shape index (κ2) is 7.38. The molecule has 1 aliphatic rings. The number of amides is 1. The van der Waals surface area contributed by atoms with E-state index < -0.39 is 0 Å². The highest BCUT2D eigenvalue weighted by Gasteiger charge is 2.26. The molecule has 3 aromatic rings. The first-order valence-electron chi connectivity index (χ1n) is 10.2. The van der Waals surface area contributed by atoms with Crippen LogP contribution in [0.25, 0.3) is 22.2 Å². The van der Waals surface area contributed by atoms with E-state index in [1.165, 1.54) is 6.42 Å². The third-order valence-electron chi connectivity index (χ3n) is 5.80. The van der Waals surface area contributed by atoms with E-state index >= 15 is 0 Å². The number of fused-ring (bicyclic) bond motifs is 1. The smallest absolute Gasteiger partial charge is 0.254 e. The molecular formula is C23H28N4O. The fourth-order valence-corrected chi connectivity index (χ4v) is 4.23. The van der Waals surface area contributed by atoms with Crippen molar-refractivity contribution < 1.29 is 4.79 Å². The number of rotatable bonds is 3. The summed E-state index contributed by atoms with van der Waals surface area (Å²) < 4.78 is 1.89. The summed E-state index contributed by atoms with van der Waals surface area (Å²) in [5.74, 6) is 0.119. The molecule has 1 fully saturated rings. The molecule has 28 heavy (non-hydrogen) atoms. The highest BCUT2D eigenvalue weighted by Crippen LogP contribution is 2.30. The van der Waals surface area contributed by atoms with Crippen molar-refractivity contribution in [2.45, 2.75) is 59.5 Å². The molecule has 5 nitrogen and oxygen atoms in total. The Bertz CT molecular complexity index is 1040. The minimum Gasteiger partial charge on any atom is -0.336 e. The van der Waals surface area contributed by atoms with Crippen LogP contribution in [0.4, 0.5) is 0 Å². The molecule has 2 aromatic heterocycles. The predicted octanol–water partition coefficient (Wildman–Crippen LogP) is 4.75. The standard InChI is InChI=1S/C23H28N4O/c1-5-26-14-18(13-24-26)21-12-20(23(28)27-9-7-6-8-17(27)4)19-11-15(2)10-16(3)22(19)25-21/h10-14,17H,5-9H2,1-4H3. The van der Waals surface area contributed by atoms with Crippen LogP contribution < -0.4 is 0 Å². The van der Waals surface area contributed by atoms with Gasteiger partial charge in [0.1, 0.15) is 0 Å². The zero-order chi connectivity index (χ0) is 19.8. The Hall–Kier alpha value is -2.69. The number of piperidine rings is 1. The molecule has 1 atom stereocenters. The van der Waals surface area contributed by atoms with Gasteiger partial charge in [0.2, 0.25) is 0 Å². The molecule has 0 radical (unpaired) electrons. The van der Waals surface area contributed by atoms with E-state index in [4.69, 9.17) is 4.98 Å². The van der Waals surface area contributed by atoms with Gasteiger partial charge in [-0.15, -0.1) is 0 Å². The van der Waals surface area contributed by atoms with Crippen molar-refractivity contribution in [3.05, 3.63) is 47.3 Å². The topological polar surface area (TPSA) is 51.0 Å². The number of aryl methyl sites for hydroxylation is 3. The Morgan fingerprint density at radius 3 is 2.75 bits per heavy atom. The lowest BCUT2D eigenvalue weighted by atomic mass is 9.97. The molecule has 146 valence electrons. The van der Waals surface area contributed by atoms with Crippen LogP contribution in [0.1, 0.15) is 54.6 Å². The summed E-state index contributed by atoms with van der Waals surface area (Å²) >= 11 is 0. The van der Waals surface area contributed by atoms with Gasteiger partial charge in [0, 0.05) is 36.3 Å². The predicted molar refractivity (Wildman–Crippen MR) is 112 cm³/mol. The summed E-state index contributed by atoms with van der Waals surface area (Å²) in [6.45, 7) is 10.00. The summed E-state index contributed by atoms with van der Waals surface area (Å²) in [4.78, 5) is 20.5. The number of pyridine rings is 1. The maximum Gasteiger partial charge on any atom is 0.254 e. The molecule has 1 saturated heterocycles. The second-order valence-electron chi connectivity index (χ2n) is 7.96. The molecule has 0 spiro atoms. The van der Waals surface area contributed by atoms with E-state index in [-0.39, 0.29) is 11.9 Å². The minimum absolute atomic E-state index is 0.119. The van der Waals surface area contributed by atoms with Crippen LogP contribution in [0.5, 0.6) is 0 Å². The zero-order valence-electron chi connectivity index (χ0n) is 17.2. The molecule has 1 amide bonds. The first kappa shape index (κ1) is 18.7. The number of benzene rings is 1. The quantitative estimate of drug-likeness (QED) is 0.663. The van der Waals surface area contributed by atoms with Crippen LogP contribution in [0.3, 0.4) is 0 Å². The highest BCUT2D eigenvalue weighted by atomic mass is 16.2. The number of likely N-dealkylation sites (tertiary alicyclic amines) is 1. The van der Waals surface area contributed by atoms with Crippen LogP contribution in [0.2, 0.25) is 0 Å². The number of hydrogen-bond donors (Lipinski definition) is 0. The summed E-state index contributed by atoms with van der Waals surface area (Å²) in [5.41, 5.74) is 5.67. The van der Waals surface area contributed by atoms with Crippen LogP contribution in [-0.2, 0) is 6.54 Å². The fourth-order valence-electron chi connectivity index (χ4n) is 4.23. The molecule has 3 heterocycles. The fraction of sp³-hybridized carbons (Fsp3) is 0.435. The molecule has 5 heteroatoms. The highest BCUT2D eigenvalue weighted by molar-refractivity contribution is 6.08. The van der Waals surface area contributed by atoms with Crippen molar-refractivity contribution in [1.82, 2.24) is 19.7 Å². The molecule has 0 saturated carbocycles. The molecule has 0 N–H and O–H groups in total. The van der Waals surface area contributed by atoms with E-state index in [0.717, 1.165) is 64.8 Å². The Morgan fingerprint density at radius 1 is 1.21 bits per heavy atom. The molecule has 1 aromatic carbocycles.